The van der Waals surface area contributed by atoms with Crippen LogP contribution < -0.4 is 11.1 Å². The number of ether oxygens (including phenoxy) is 1. The first kappa shape index (κ1) is 13.3. The van der Waals surface area contributed by atoms with Crippen LogP contribution in [0.2, 0.25) is 0 Å². The summed E-state index contributed by atoms with van der Waals surface area (Å²) in [5, 5.41) is 3.50. The first-order valence-electron chi connectivity index (χ1n) is 6.43. The Labute approximate surface area is 107 Å². The van der Waals surface area contributed by atoms with E-state index < -0.39 is 0 Å². The molecule has 2 fully saturated rings. The first-order chi connectivity index (χ1) is 8.58. The molecule has 1 amide bonds. The Morgan fingerprint density at radius 2 is 2.06 bits per heavy atom. The second-order valence-corrected chi connectivity index (χ2v) is 5.25. The number of nitrogens with zero attached hydrogens (tertiary/aromatic N) is 1. The molecule has 6 heteroatoms. The zero-order chi connectivity index (χ0) is 13.1. The number of carbonyl (C=O) groups excluding carboxylic acids is 2. The zero-order valence-electron chi connectivity index (χ0n) is 10.7. The molecular formula is C12H21N3O3. The molecule has 2 unspecified atom stereocenters. The number of likely N-dealkylation sites (tertiary alicyclic amines) is 1. The highest BCUT2D eigenvalue weighted by Crippen LogP contribution is 2.24. The highest BCUT2D eigenvalue weighted by atomic mass is 16.5. The van der Waals surface area contributed by atoms with Crippen LogP contribution >= 0.6 is 0 Å². The summed E-state index contributed by atoms with van der Waals surface area (Å²) in [5.41, 5.74) is 5.22. The molecule has 18 heavy (non-hydrogen) atoms. The predicted molar refractivity (Wildman–Crippen MR) is 65.7 cm³/mol. The second kappa shape index (κ2) is 5.67. The average molecular weight is 255 g/mol. The van der Waals surface area contributed by atoms with Gasteiger partial charge in [0.25, 0.3) is 0 Å². The predicted octanol–water partition coefficient (Wildman–Crippen LogP) is -0.913. The van der Waals surface area contributed by atoms with Gasteiger partial charge in [0.15, 0.2) is 0 Å². The Morgan fingerprint density at radius 1 is 1.33 bits per heavy atom. The number of primary amides is 1. The molecule has 0 aromatic heterocycles. The van der Waals surface area contributed by atoms with Crippen LogP contribution in [0, 0.1) is 5.92 Å². The van der Waals surface area contributed by atoms with Gasteiger partial charge in [-0.3, -0.25) is 14.5 Å². The number of nitrogens with one attached hydrogen (secondary N) is 1. The molecular weight excluding hydrogens is 234 g/mol. The summed E-state index contributed by atoms with van der Waals surface area (Å²) in [4.78, 5) is 24.6. The minimum atomic E-state index is -0.356. The van der Waals surface area contributed by atoms with Crippen LogP contribution in [-0.2, 0) is 14.3 Å². The monoisotopic (exact) mass is 255 g/mol. The van der Waals surface area contributed by atoms with Crippen LogP contribution in [0.25, 0.3) is 0 Å². The second-order valence-electron chi connectivity index (χ2n) is 5.25. The smallest absolute Gasteiger partial charge is 0.310 e. The number of rotatable bonds is 5. The number of methoxy groups -OCH3 is 1. The van der Waals surface area contributed by atoms with E-state index in [0.717, 1.165) is 13.0 Å². The number of nitrogens with two attached hydrogens (primary N) is 1. The van der Waals surface area contributed by atoms with E-state index in [4.69, 9.17) is 10.5 Å². The van der Waals surface area contributed by atoms with Crippen LogP contribution in [0.1, 0.15) is 19.3 Å². The van der Waals surface area contributed by atoms with Crippen molar-refractivity contribution in [2.45, 2.75) is 31.3 Å². The lowest BCUT2D eigenvalue weighted by molar-refractivity contribution is -0.148. The number of hydrogen-bond acceptors (Lipinski definition) is 5. The SMILES string of the molecule is COC(=O)C1CC(NC2CC2)CN(CC(N)=O)C1. The third kappa shape index (κ3) is 3.68. The van der Waals surface area contributed by atoms with E-state index in [2.05, 4.69) is 5.32 Å². The van der Waals surface area contributed by atoms with E-state index in [1.807, 2.05) is 4.90 Å². The summed E-state index contributed by atoms with van der Waals surface area (Å²) < 4.78 is 4.80. The summed E-state index contributed by atoms with van der Waals surface area (Å²) in [6.45, 7) is 1.53. The van der Waals surface area contributed by atoms with Gasteiger partial charge in [-0.15, -0.1) is 0 Å². The van der Waals surface area contributed by atoms with Gasteiger partial charge >= 0.3 is 5.97 Å². The fraction of sp³-hybridized carbons (Fsp3) is 0.833. The Balaban J connectivity index is 1.94. The van der Waals surface area contributed by atoms with Crippen molar-refractivity contribution >= 4 is 11.9 Å². The van der Waals surface area contributed by atoms with E-state index in [9.17, 15) is 9.59 Å². The number of esters is 1. The molecule has 1 heterocycles. The van der Waals surface area contributed by atoms with Gasteiger partial charge in [0.1, 0.15) is 0 Å². The zero-order valence-corrected chi connectivity index (χ0v) is 10.7. The van der Waals surface area contributed by atoms with E-state index in [1.165, 1.54) is 20.0 Å². The van der Waals surface area contributed by atoms with Gasteiger partial charge in [-0.05, 0) is 19.3 Å². The summed E-state index contributed by atoms with van der Waals surface area (Å²) in [6.07, 6.45) is 3.18. The molecule has 102 valence electrons. The van der Waals surface area contributed by atoms with Crippen LogP contribution in [-0.4, -0.2) is 55.6 Å². The van der Waals surface area contributed by atoms with Crippen molar-refractivity contribution in [3.05, 3.63) is 0 Å². The summed E-state index contributed by atoms with van der Waals surface area (Å²) in [6, 6.07) is 0.830. The Bertz CT molecular complexity index is 331. The van der Waals surface area contributed by atoms with Crippen molar-refractivity contribution in [1.29, 1.82) is 0 Å². The quantitative estimate of drug-likeness (QED) is 0.621. The van der Waals surface area contributed by atoms with E-state index in [1.54, 1.807) is 0 Å². The Kier molecular flexibility index (Phi) is 4.19. The fourth-order valence-corrected chi connectivity index (χ4v) is 2.58. The lowest BCUT2D eigenvalue weighted by Crippen LogP contribution is -2.53. The van der Waals surface area contributed by atoms with E-state index >= 15 is 0 Å². The van der Waals surface area contributed by atoms with Gasteiger partial charge in [-0.25, -0.2) is 0 Å². The van der Waals surface area contributed by atoms with Crippen LogP contribution in [0.3, 0.4) is 0 Å². The maximum atomic E-state index is 11.7. The van der Waals surface area contributed by atoms with Gasteiger partial charge in [0.05, 0.1) is 19.6 Å². The van der Waals surface area contributed by atoms with Gasteiger partial charge in [0, 0.05) is 25.2 Å². The minimum Gasteiger partial charge on any atom is -0.469 e. The lowest BCUT2D eigenvalue weighted by atomic mass is 9.94. The van der Waals surface area contributed by atoms with Crippen LogP contribution in [0.5, 0.6) is 0 Å². The third-order valence-electron chi connectivity index (χ3n) is 3.49. The summed E-state index contributed by atoms with van der Waals surface area (Å²) in [5.74, 6) is -0.725. The molecule has 6 nitrogen and oxygen atoms in total. The summed E-state index contributed by atoms with van der Waals surface area (Å²) >= 11 is 0. The molecule has 0 aromatic carbocycles. The molecule has 0 aromatic rings. The van der Waals surface area contributed by atoms with Gasteiger partial charge < -0.3 is 15.8 Å². The van der Waals surface area contributed by atoms with Gasteiger partial charge in [-0.2, -0.15) is 0 Å². The molecule has 0 bridgehead atoms. The highest BCUT2D eigenvalue weighted by molar-refractivity contribution is 5.76. The maximum absolute atomic E-state index is 11.7. The van der Waals surface area contributed by atoms with Crippen molar-refractivity contribution in [3.63, 3.8) is 0 Å². The van der Waals surface area contributed by atoms with Crippen LogP contribution in [0.4, 0.5) is 0 Å². The molecule has 1 saturated heterocycles. The lowest BCUT2D eigenvalue weighted by Gasteiger charge is -2.36. The minimum absolute atomic E-state index is 0.167. The average Bonchev–Trinajstić information content (AvgIpc) is 3.10. The molecule has 3 N–H and O–H groups in total. The molecule has 2 aliphatic rings. The molecule has 0 spiro atoms. The Morgan fingerprint density at radius 3 is 2.61 bits per heavy atom. The Hall–Kier alpha value is -1.14. The van der Waals surface area contributed by atoms with Gasteiger partial charge in [0.2, 0.25) is 5.91 Å². The number of amides is 1. The first-order valence-corrected chi connectivity index (χ1v) is 6.43. The van der Waals surface area contributed by atoms with Crippen molar-refractivity contribution in [1.82, 2.24) is 10.2 Å². The standard InChI is InChI=1S/C12H21N3O3/c1-18-12(17)8-4-10(14-9-2-3-9)6-15(5-8)7-11(13)16/h8-10,14H,2-7H2,1H3,(H2,13,16). The molecule has 1 saturated carbocycles. The molecule has 1 aliphatic carbocycles. The van der Waals surface area contributed by atoms with Crippen LogP contribution in [0.15, 0.2) is 0 Å². The third-order valence-corrected chi connectivity index (χ3v) is 3.49. The van der Waals surface area contributed by atoms with Crippen molar-refractivity contribution in [3.8, 4) is 0 Å². The number of hydrogen-bond donors (Lipinski definition) is 2. The molecule has 2 atom stereocenters. The topological polar surface area (TPSA) is 84.7 Å². The molecule has 0 radical (unpaired) electrons. The normalized spacial score (nSPS) is 28.9. The maximum Gasteiger partial charge on any atom is 0.310 e. The van der Waals surface area contributed by atoms with Crippen molar-refractivity contribution in [2.24, 2.45) is 11.7 Å². The molecule has 1 aliphatic heterocycles. The largest absolute Gasteiger partial charge is 0.469 e. The number of carbonyl (C=O) groups is 2. The summed E-state index contributed by atoms with van der Waals surface area (Å²) in [7, 11) is 1.40. The fourth-order valence-electron chi connectivity index (χ4n) is 2.58. The highest BCUT2D eigenvalue weighted by Gasteiger charge is 2.35. The van der Waals surface area contributed by atoms with Gasteiger partial charge in [-0.1, -0.05) is 0 Å². The van der Waals surface area contributed by atoms with Crippen molar-refractivity contribution in [2.75, 3.05) is 26.7 Å². The molecule has 2 rings (SSSR count). The number of piperidine rings is 1. The van der Waals surface area contributed by atoms with Crippen molar-refractivity contribution < 1.29 is 14.3 Å². The van der Waals surface area contributed by atoms with E-state index in [0.29, 0.717) is 12.6 Å². The van der Waals surface area contributed by atoms with E-state index in [-0.39, 0.29) is 30.4 Å².